The Bertz CT molecular complexity index is 1770. The summed E-state index contributed by atoms with van der Waals surface area (Å²) in [4.78, 5) is 60.5. The van der Waals surface area contributed by atoms with Crippen LogP contribution in [0.1, 0.15) is 58.9 Å². The number of hydrogen-bond acceptors (Lipinski definition) is 14. The van der Waals surface area contributed by atoms with Crippen LogP contribution >= 0.6 is 0 Å². The van der Waals surface area contributed by atoms with E-state index in [2.05, 4.69) is 36.4 Å². The summed E-state index contributed by atoms with van der Waals surface area (Å²) in [6.45, 7) is 5.03. The first-order valence-electron chi connectivity index (χ1n) is 17.2. The van der Waals surface area contributed by atoms with Gasteiger partial charge >= 0.3 is 0 Å². The van der Waals surface area contributed by atoms with Crippen LogP contribution in [-0.4, -0.2) is 97.2 Å². The average Bonchev–Trinajstić information content (AvgIpc) is 3.68. The van der Waals surface area contributed by atoms with Crippen LogP contribution in [0.25, 0.3) is 0 Å². The molecule has 0 aliphatic heterocycles. The maximum Gasteiger partial charge on any atom is 0.254 e. The molecule has 1 aromatic carbocycles. The molecule has 21 heteroatoms. The fraction of sp³-hybridized carbons (Fsp3) is 0.514. The van der Waals surface area contributed by atoms with E-state index in [1.165, 1.54) is 53.2 Å². The number of ketones is 2. The van der Waals surface area contributed by atoms with Crippen LogP contribution in [0.3, 0.4) is 0 Å². The molecule has 0 aliphatic carbocycles. The van der Waals surface area contributed by atoms with Crippen LogP contribution in [0.5, 0.6) is 11.6 Å². The highest BCUT2D eigenvalue weighted by molar-refractivity contribution is 5.93. The molecule has 304 valence electrons. The van der Waals surface area contributed by atoms with Gasteiger partial charge in [-0.2, -0.15) is 10.5 Å². The minimum atomic E-state index is -1.53. The van der Waals surface area contributed by atoms with Crippen LogP contribution in [0.2, 0.25) is 0 Å². The summed E-state index contributed by atoms with van der Waals surface area (Å²) >= 11 is 0. The number of carbonyl (C=O) groups is 4. The average molecular weight is 786 g/mol. The summed E-state index contributed by atoms with van der Waals surface area (Å²) < 4.78 is 41.5. The van der Waals surface area contributed by atoms with Gasteiger partial charge in [-0.15, -0.1) is 0 Å². The zero-order valence-electron chi connectivity index (χ0n) is 31.8. The van der Waals surface area contributed by atoms with Gasteiger partial charge in [-0.3, -0.25) is 39.8 Å². The molecule has 8 N–H and O–H groups in total. The number of nitrogens with one attached hydrogen (secondary N) is 4. The number of Topliss-reactive ketones (excluding diaryl/α,β-unsaturated/α-hetero) is 2. The maximum atomic E-state index is 14.7. The number of nitrogens with two attached hydrogens (primary N) is 2. The van der Waals surface area contributed by atoms with E-state index >= 15 is 0 Å². The molecule has 20 nitrogen and oxygen atoms in total. The van der Waals surface area contributed by atoms with Gasteiger partial charge in [-0.05, 0) is 76.2 Å². The lowest BCUT2D eigenvalue weighted by Crippen LogP contribution is -2.51. The number of rotatable bonds is 24. The van der Waals surface area contributed by atoms with Crippen LogP contribution < -0.4 is 42.2 Å². The van der Waals surface area contributed by atoms with Crippen LogP contribution in [0.4, 0.5) is 4.39 Å². The predicted octanol–water partition coefficient (Wildman–Crippen LogP) is 0.431. The molecular formula is C35H48FN11O9. The van der Waals surface area contributed by atoms with Gasteiger partial charge in [0.15, 0.2) is 30.6 Å². The third kappa shape index (κ3) is 16.4. The number of ether oxygens (including phenoxy) is 4. The molecule has 0 saturated heterocycles. The monoisotopic (exact) mass is 785 g/mol. The lowest BCUT2D eigenvalue weighted by Gasteiger charge is -2.27. The highest BCUT2D eigenvalue weighted by Crippen LogP contribution is 2.21. The second-order valence-electron chi connectivity index (χ2n) is 13.0. The van der Waals surface area contributed by atoms with Gasteiger partial charge in [0, 0.05) is 32.3 Å². The summed E-state index contributed by atoms with van der Waals surface area (Å²) in [5, 5.41) is 30.6. The molecule has 0 unspecified atom stereocenters. The number of aliphatic imine (C=N–C) groups is 2. The Hall–Kier alpha value is -6.32. The molecule has 0 bridgehead atoms. The molecule has 2 aromatic rings. The lowest BCUT2D eigenvalue weighted by molar-refractivity contribution is -0.146. The third-order valence-electron chi connectivity index (χ3n) is 7.91. The van der Waals surface area contributed by atoms with Crippen LogP contribution in [-0.2, 0) is 35.3 Å². The van der Waals surface area contributed by atoms with Gasteiger partial charge < -0.3 is 45.6 Å². The lowest BCUT2D eigenvalue weighted by atomic mass is 10.0. The maximum absolute atomic E-state index is 14.7. The topological polar surface area (TPSA) is 304 Å². The number of hydrogen-bond donors (Lipinski definition) is 6. The van der Waals surface area contributed by atoms with Crippen molar-refractivity contribution in [1.82, 2.24) is 26.4 Å². The smallest absolute Gasteiger partial charge is 0.254 e. The zero-order valence-corrected chi connectivity index (χ0v) is 31.8. The molecule has 56 heavy (non-hydrogen) atoms. The highest BCUT2D eigenvalue weighted by atomic mass is 19.1. The van der Waals surface area contributed by atoms with Crippen molar-refractivity contribution in [3.8, 4) is 24.0 Å². The molecule has 0 aliphatic rings. The van der Waals surface area contributed by atoms with Crippen LogP contribution in [0, 0.1) is 28.7 Å². The molecule has 0 saturated carbocycles. The quantitative estimate of drug-likeness (QED) is 0.0276. The Kier molecular flexibility index (Phi) is 18.7. The van der Waals surface area contributed by atoms with Gasteiger partial charge in [0.05, 0.1) is 18.7 Å². The largest absolute Gasteiger partial charge is 0.486 e. The van der Waals surface area contributed by atoms with Gasteiger partial charge in [0.25, 0.3) is 17.7 Å². The highest BCUT2D eigenvalue weighted by Gasteiger charge is 2.33. The Morgan fingerprint density at radius 2 is 1.41 bits per heavy atom. The van der Waals surface area contributed by atoms with Gasteiger partial charge in [-0.25, -0.2) is 4.39 Å². The van der Waals surface area contributed by atoms with E-state index in [0.29, 0.717) is 12.8 Å². The van der Waals surface area contributed by atoms with Crippen molar-refractivity contribution in [3.05, 3.63) is 41.9 Å². The Labute approximate surface area is 323 Å². The Morgan fingerprint density at radius 3 is 1.91 bits per heavy atom. The van der Waals surface area contributed by atoms with Crippen molar-refractivity contribution in [2.24, 2.45) is 21.5 Å². The summed E-state index contributed by atoms with van der Waals surface area (Å²) in [5.74, 6) is -3.08. The number of methoxy groups -OCH3 is 1. The standard InChI is InChI=1S/C35H48FN11O9/c1-34(2,52-5)30(50)45-25(8-6-11-41-32(39)43-20-37)27(48)18-53-24-15-22(14-23(36)16-24)17-55-35(3,4)31(51)46-26(9-7-12-42-33(40)44-21-38)28(49)19-54-29-10-13-56-47-29/h10,13-16,25-26H,6-9,11-12,17-19H2,1-5H3,(H,45,50)(H,46,51)(H3,39,41,43)(H3,40,42,44)/t25-,26-/m0/s1. The fourth-order valence-electron chi connectivity index (χ4n) is 4.46. The second-order valence-corrected chi connectivity index (χ2v) is 13.0. The molecule has 1 aromatic heterocycles. The minimum absolute atomic E-state index is 0.0208. The summed E-state index contributed by atoms with van der Waals surface area (Å²) in [6.07, 6.45) is 5.43. The normalized spacial score (nSPS) is 13.0. The van der Waals surface area contributed by atoms with E-state index in [4.69, 9.17) is 45.5 Å². The van der Waals surface area contributed by atoms with Crippen molar-refractivity contribution in [3.63, 3.8) is 0 Å². The predicted molar refractivity (Wildman–Crippen MR) is 197 cm³/mol. The van der Waals surface area contributed by atoms with E-state index in [0.717, 1.165) is 12.1 Å². The number of nitrogens with zero attached hydrogens (tertiary/aromatic N) is 5. The van der Waals surface area contributed by atoms with Crippen molar-refractivity contribution in [1.29, 1.82) is 10.5 Å². The number of amides is 2. The number of halogens is 1. The van der Waals surface area contributed by atoms with Gasteiger partial charge in [0.1, 0.15) is 35.6 Å². The summed E-state index contributed by atoms with van der Waals surface area (Å²) in [5.41, 5.74) is 8.59. The first-order chi connectivity index (χ1) is 26.5. The molecular weight excluding hydrogens is 737 g/mol. The molecule has 1 heterocycles. The zero-order chi connectivity index (χ0) is 41.7. The molecule has 0 spiro atoms. The van der Waals surface area contributed by atoms with Crippen molar-refractivity contribution >= 4 is 35.3 Å². The molecule has 2 rings (SSSR count). The van der Waals surface area contributed by atoms with E-state index in [9.17, 15) is 23.6 Å². The molecule has 0 radical (unpaired) electrons. The number of nitriles is 2. The van der Waals surface area contributed by atoms with Crippen molar-refractivity contribution < 1.29 is 47.0 Å². The molecule has 2 atom stereocenters. The van der Waals surface area contributed by atoms with E-state index in [1.807, 2.05) is 0 Å². The van der Waals surface area contributed by atoms with E-state index < -0.39 is 65.7 Å². The number of benzene rings is 1. The minimum Gasteiger partial charge on any atom is -0.486 e. The first kappa shape index (κ1) is 45.8. The fourth-order valence-corrected chi connectivity index (χ4v) is 4.46. The molecule has 2 amide bonds. The van der Waals surface area contributed by atoms with Crippen molar-refractivity contribution in [2.75, 3.05) is 33.4 Å². The number of carbonyl (C=O) groups excluding carboxylic acids is 4. The SMILES string of the molecule is COC(C)(C)C(=O)N[C@@H](CCCN=C(N)NC#N)C(=O)COc1cc(F)cc(COC(C)(C)C(=O)N[C@@H](CCCN=C(N)NC#N)C(=O)COc2ccon2)c1. The summed E-state index contributed by atoms with van der Waals surface area (Å²) in [7, 11) is 1.35. The van der Waals surface area contributed by atoms with Gasteiger partial charge in [0.2, 0.25) is 11.9 Å². The molecule has 0 fully saturated rings. The van der Waals surface area contributed by atoms with Crippen molar-refractivity contribution in [2.45, 2.75) is 83.3 Å². The van der Waals surface area contributed by atoms with Crippen LogP contribution in [0.15, 0.2) is 45.0 Å². The van der Waals surface area contributed by atoms with Gasteiger partial charge in [-0.1, -0.05) is 0 Å². The third-order valence-corrected chi connectivity index (χ3v) is 7.91. The van der Waals surface area contributed by atoms with E-state index in [1.54, 1.807) is 12.4 Å². The number of aromatic nitrogens is 1. The number of guanidine groups is 2. The Balaban J connectivity index is 2.09. The Morgan fingerprint density at radius 1 is 0.875 bits per heavy atom. The first-order valence-corrected chi connectivity index (χ1v) is 17.2. The second kappa shape index (κ2) is 22.8. The summed E-state index contributed by atoms with van der Waals surface area (Å²) in [6, 6.07) is 2.99. The van der Waals surface area contributed by atoms with E-state index in [-0.39, 0.29) is 61.7 Å².